The zero-order chi connectivity index (χ0) is 18.4. The molecule has 26 heavy (non-hydrogen) atoms. The van der Waals surface area contributed by atoms with Gasteiger partial charge in [-0.2, -0.15) is 5.26 Å². The van der Waals surface area contributed by atoms with E-state index in [1.807, 2.05) is 61.5 Å². The molecule has 3 aromatic rings. The van der Waals surface area contributed by atoms with Crippen LogP contribution in [0.25, 0.3) is 11.6 Å². The van der Waals surface area contributed by atoms with Gasteiger partial charge in [0.25, 0.3) is 0 Å². The Kier molecular flexibility index (Phi) is 5.46. The number of aryl methyl sites for hydroxylation is 1. The van der Waals surface area contributed by atoms with Crippen molar-refractivity contribution < 1.29 is 9.13 Å². The third-order valence-corrected chi connectivity index (χ3v) is 4.01. The lowest BCUT2D eigenvalue weighted by atomic mass is 10.0. The van der Waals surface area contributed by atoms with E-state index >= 15 is 0 Å². The van der Waals surface area contributed by atoms with Gasteiger partial charge >= 0.3 is 0 Å². The molecule has 0 aliphatic rings. The molecular formula is C23H18FNO. The summed E-state index contributed by atoms with van der Waals surface area (Å²) in [7, 11) is 0. The number of hydrogen-bond donors (Lipinski definition) is 0. The van der Waals surface area contributed by atoms with E-state index in [-0.39, 0.29) is 5.82 Å². The van der Waals surface area contributed by atoms with Crippen molar-refractivity contribution in [1.82, 2.24) is 0 Å². The lowest BCUT2D eigenvalue weighted by molar-refractivity contribution is 0.305. The van der Waals surface area contributed by atoms with Crippen LogP contribution in [0.3, 0.4) is 0 Å². The lowest BCUT2D eigenvalue weighted by Crippen LogP contribution is -1.97. The minimum atomic E-state index is -0.270. The van der Waals surface area contributed by atoms with E-state index in [9.17, 15) is 9.65 Å². The smallest absolute Gasteiger partial charge is 0.127 e. The minimum absolute atomic E-state index is 0.270. The summed E-state index contributed by atoms with van der Waals surface area (Å²) in [5, 5.41) is 9.54. The van der Waals surface area contributed by atoms with Gasteiger partial charge in [0, 0.05) is 5.56 Å². The second kappa shape index (κ2) is 8.13. The van der Waals surface area contributed by atoms with Crippen LogP contribution in [0.5, 0.6) is 5.75 Å². The van der Waals surface area contributed by atoms with Crippen LogP contribution >= 0.6 is 0 Å². The monoisotopic (exact) mass is 343 g/mol. The maximum Gasteiger partial charge on any atom is 0.127 e. The first kappa shape index (κ1) is 17.4. The van der Waals surface area contributed by atoms with Gasteiger partial charge in [0.1, 0.15) is 18.2 Å². The Morgan fingerprint density at radius 3 is 2.38 bits per heavy atom. The molecule has 2 nitrogen and oxygen atoms in total. The van der Waals surface area contributed by atoms with E-state index in [0.29, 0.717) is 17.9 Å². The van der Waals surface area contributed by atoms with Crippen LogP contribution in [0.1, 0.15) is 22.3 Å². The fourth-order valence-corrected chi connectivity index (χ4v) is 2.54. The van der Waals surface area contributed by atoms with Gasteiger partial charge in [-0.25, -0.2) is 4.39 Å². The highest BCUT2D eigenvalue weighted by Crippen LogP contribution is 2.25. The van der Waals surface area contributed by atoms with E-state index in [1.54, 1.807) is 12.1 Å². The number of nitriles is 1. The maximum atomic E-state index is 13.0. The van der Waals surface area contributed by atoms with Crippen LogP contribution in [0, 0.1) is 24.1 Å². The zero-order valence-corrected chi connectivity index (χ0v) is 14.4. The van der Waals surface area contributed by atoms with Crippen LogP contribution in [-0.2, 0) is 6.61 Å². The second-order valence-corrected chi connectivity index (χ2v) is 5.99. The molecular weight excluding hydrogens is 325 g/mol. The summed E-state index contributed by atoms with van der Waals surface area (Å²) in [6, 6.07) is 23.9. The number of para-hydroxylation sites is 1. The Labute approximate surface area is 152 Å². The number of ether oxygens (including phenoxy) is 1. The molecule has 0 heterocycles. The molecule has 0 amide bonds. The van der Waals surface area contributed by atoms with E-state index in [1.165, 1.54) is 12.1 Å². The Morgan fingerprint density at radius 1 is 1.00 bits per heavy atom. The Morgan fingerprint density at radius 2 is 1.69 bits per heavy atom. The maximum absolute atomic E-state index is 13.0. The van der Waals surface area contributed by atoms with Crippen molar-refractivity contribution in [2.45, 2.75) is 13.5 Å². The van der Waals surface area contributed by atoms with Gasteiger partial charge in [0.15, 0.2) is 0 Å². The standard InChI is InChI=1S/C23H18FNO/c1-17-6-10-19(11-7-17)21(15-25)14-20-4-2-3-5-23(20)26-16-18-8-12-22(24)13-9-18/h2-14H,16H2,1H3/b21-14+. The third-order valence-electron chi connectivity index (χ3n) is 4.01. The summed E-state index contributed by atoms with van der Waals surface area (Å²) < 4.78 is 18.9. The molecule has 0 aliphatic carbocycles. The van der Waals surface area contributed by atoms with Crippen molar-refractivity contribution in [3.63, 3.8) is 0 Å². The number of allylic oxidation sites excluding steroid dienone is 1. The van der Waals surface area contributed by atoms with Crippen LogP contribution in [0.4, 0.5) is 4.39 Å². The van der Waals surface area contributed by atoms with Crippen molar-refractivity contribution >= 4 is 11.6 Å². The predicted molar refractivity (Wildman–Crippen MR) is 102 cm³/mol. The largest absolute Gasteiger partial charge is 0.488 e. The Hall–Kier alpha value is -3.38. The van der Waals surface area contributed by atoms with Gasteiger partial charge in [-0.3, -0.25) is 0 Å². The summed E-state index contributed by atoms with van der Waals surface area (Å²) >= 11 is 0. The summed E-state index contributed by atoms with van der Waals surface area (Å²) in [5.41, 5.74) is 4.29. The molecule has 0 unspecified atom stereocenters. The molecule has 0 fully saturated rings. The summed E-state index contributed by atoms with van der Waals surface area (Å²) in [6.45, 7) is 2.34. The number of rotatable bonds is 5. The van der Waals surface area contributed by atoms with Gasteiger partial charge in [-0.15, -0.1) is 0 Å². The van der Waals surface area contributed by atoms with E-state index in [4.69, 9.17) is 4.74 Å². The molecule has 0 atom stereocenters. The van der Waals surface area contributed by atoms with Crippen LogP contribution < -0.4 is 4.74 Å². The number of benzene rings is 3. The molecule has 0 spiro atoms. The van der Waals surface area contributed by atoms with Crippen LogP contribution in [0.2, 0.25) is 0 Å². The minimum Gasteiger partial charge on any atom is -0.488 e. The molecule has 0 saturated carbocycles. The highest BCUT2D eigenvalue weighted by atomic mass is 19.1. The topological polar surface area (TPSA) is 33.0 Å². The molecule has 0 radical (unpaired) electrons. The fraction of sp³-hybridized carbons (Fsp3) is 0.0870. The van der Waals surface area contributed by atoms with Gasteiger partial charge in [-0.05, 0) is 42.3 Å². The quantitative estimate of drug-likeness (QED) is 0.435. The first-order chi connectivity index (χ1) is 12.7. The van der Waals surface area contributed by atoms with Crippen molar-refractivity contribution in [2.75, 3.05) is 0 Å². The summed E-state index contributed by atoms with van der Waals surface area (Å²) in [5.74, 6) is 0.408. The van der Waals surface area contributed by atoms with E-state index in [2.05, 4.69) is 6.07 Å². The average Bonchev–Trinajstić information content (AvgIpc) is 2.67. The first-order valence-corrected chi connectivity index (χ1v) is 8.31. The van der Waals surface area contributed by atoms with E-state index in [0.717, 1.165) is 22.3 Å². The predicted octanol–water partition coefficient (Wildman–Crippen LogP) is 5.78. The zero-order valence-electron chi connectivity index (χ0n) is 14.4. The van der Waals surface area contributed by atoms with Crippen molar-refractivity contribution in [3.05, 3.63) is 101 Å². The summed E-state index contributed by atoms with van der Waals surface area (Å²) in [6.07, 6.45) is 1.82. The SMILES string of the molecule is Cc1ccc(/C(C#N)=C/c2ccccc2OCc2ccc(F)cc2)cc1. The first-order valence-electron chi connectivity index (χ1n) is 8.31. The van der Waals surface area contributed by atoms with Gasteiger partial charge in [0.2, 0.25) is 0 Å². The van der Waals surface area contributed by atoms with Crippen molar-refractivity contribution in [2.24, 2.45) is 0 Å². The Bertz CT molecular complexity index is 951. The van der Waals surface area contributed by atoms with Crippen molar-refractivity contribution in [1.29, 1.82) is 5.26 Å². The average molecular weight is 343 g/mol. The fourth-order valence-electron chi connectivity index (χ4n) is 2.54. The second-order valence-electron chi connectivity index (χ2n) is 5.99. The van der Waals surface area contributed by atoms with Crippen LogP contribution in [0.15, 0.2) is 72.8 Å². The Balaban J connectivity index is 1.84. The number of nitrogens with zero attached hydrogens (tertiary/aromatic N) is 1. The molecule has 3 rings (SSSR count). The van der Waals surface area contributed by atoms with Gasteiger partial charge < -0.3 is 4.74 Å². The van der Waals surface area contributed by atoms with Gasteiger partial charge in [-0.1, -0.05) is 60.2 Å². The normalized spacial score (nSPS) is 11.0. The highest BCUT2D eigenvalue weighted by Gasteiger charge is 2.06. The van der Waals surface area contributed by atoms with Crippen LogP contribution in [-0.4, -0.2) is 0 Å². The summed E-state index contributed by atoms with van der Waals surface area (Å²) in [4.78, 5) is 0. The number of hydrogen-bond acceptors (Lipinski definition) is 2. The lowest BCUT2D eigenvalue weighted by Gasteiger charge is -2.10. The molecule has 0 aromatic heterocycles. The molecule has 3 aromatic carbocycles. The molecule has 128 valence electrons. The van der Waals surface area contributed by atoms with Crippen molar-refractivity contribution in [3.8, 4) is 11.8 Å². The van der Waals surface area contributed by atoms with E-state index < -0.39 is 0 Å². The highest BCUT2D eigenvalue weighted by molar-refractivity contribution is 5.90. The molecule has 0 aliphatic heterocycles. The number of halogens is 1. The molecule has 0 bridgehead atoms. The van der Waals surface area contributed by atoms with Gasteiger partial charge in [0.05, 0.1) is 11.6 Å². The molecule has 0 saturated heterocycles. The third kappa shape index (κ3) is 4.37. The molecule has 0 N–H and O–H groups in total. The molecule has 3 heteroatoms.